The van der Waals surface area contributed by atoms with Gasteiger partial charge in [-0.05, 0) is 32.9 Å². The Bertz CT molecular complexity index is 408. The molecule has 16 heavy (non-hydrogen) atoms. The summed E-state index contributed by atoms with van der Waals surface area (Å²) in [4.78, 5) is 14.9. The Labute approximate surface area is 94.0 Å². The predicted octanol–water partition coefficient (Wildman–Crippen LogP) is 2.58. The Morgan fingerprint density at radius 1 is 1.50 bits per heavy atom. The molecule has 0 spiro atoms. The fourth-order valence-electron chi connectivity index (χ4n) is 1.01. The van der Waals surface area contributed by atoms with E-state index in [0.29, 0.717) is 5.56 Å². The molecular formula is C12H14FNO2. The molecule has 0 amide bonds. The number of nitrogens with zero attached hydrogens (tertiary/aromatic N) is 1. The normalized spacial score (nSPS) is 11.8. The Balaban J connectivity index is 2.68. The first-order chi connectivity index (χ1) is 7.38. The van der Waals surface area contributed by atoms with Crippen molar-refractivity contribution in [3.05, 3.63) is 35.9 Å². The predicted molar refractivity (Wildman–Crippen MR) is 59.1 cm³/mol. The van der Waals surface area contributed by atoms with Crippen LogP contribution >= 0.6 is 0 Å². The lowest BCUT2D eigenvalue weighted by molar-refractivity contribution is -0.148. The topological polar surface area (TPSA) is 39.2 Å². The van der Waals surface area contributed by atoms with Gasteiger partial charge in [0, 0.05) is 17.8 Å². The van der Waals surface area contributed by atoms with E-state index in [0.717, 1.165) is 6.20 Å². The first-order valence-electron chi connectivity index (χ1n) is 4.89. The van der Waals surface area contributed by atoms with Crippen LogP contribution in [0.3, 0.4) is 0 Å². The average Bonchev–Trinajstić information content (AvgIpc) is 2.14. The summed E-state index contributed by atoms with van der Waals surface area (Å²) < 4.78 is 18.1. The smallest absolute Gasteiger partial charge is 0.331 e. The maximum Gasteiger partial charge on any atom is 0.331 e. The van der Waals surface area contributed by atoms with Crippen LogP contribution in [0.4, 0.5) is 4.39 Å². The number of rotatable bonds is 2. The molecule has 3 nitrogen and oxygen atoms in total. The number of esters is 1. The molecule has 0 fully saturated rings. The van der Waals surface area contributed by atoms with Gasteiger partial charge in [0.1, 0.15) is 11.4 Å². The van der Waals surface area contributed by atoms with Crippen LogP contribution in [0, 0.1) is 5.82 Å². The van der Waals surface area contributed by atoms with Crippen LogP contribution in [0.2, 0.25) is 0 Å². The van der Waals surface area contributed by atoms with E-state index < -0.39 is 17.4 Å². The van der Waals surface area contributed by atoms with E-state index in [1.807, 2.05) is 0 Å². The maximum absolute atomic E-state index is 13.1. The van der Waals surface area contributed by atoms with Gasteiger partial charge >= 0.3 is 5.97 Å². The minimum atomic E-state index is -0.543. The standard InChI is InChI=1S/C12H14FNO2/c1-12(2,3)16-11(15)5-4-9-6-7-14-8-10(9)13/h4-8H,1-3H3/b5-4+. The molecule has 1 heterocycles. The number of ether oxygens (including phenoxy) is 1. The summed E-state index contributed by atoms with van der Waals surface area (Å²) in [6.45, 7) is 5.31. The van der Waals surface area contributed by atoms with Crippen LogP contribution in [0.15, 0.2) is 24.5 Å². The van der Waals surface area contributed by atoms with Crippen LogP contribution in [0.5, 0.6) is 0 Å². The van der Waals surface area contributed by atoms with Crippen LogP contribution < -0.4 is 0 Å². The molecule has 0 saturated heterocycles. The first-order valence-corrected chi connectivity index (χ1v) is 4.89. The van der Waals surface area contributed by atoms with Crippen molar-refractivity contribution in [3.63, 3.8) is 0 Å². The number of carbonyl (C=O) groups excluding carboxylic acids is 1. The van der Waals surface area contributed by atoms with E-state index in [4.69, 9.17) is 4.74 Å². The van der Waals surface area contributed by atoms with E-state index in [-0.39, 0.29) is 0 Å². The molecular weight excluding hydrogens is 209 g/mol. The summed E-state index contributed by atoms with van der Waals surface area (Å²) in [7, 11) is 0. The minimum absolute atomic E-state index is 0.306. The third-order valence-corrected chi connectivity index (χ3v) is 1.61. The molecule has 1 aromatic heterocycles. The molecule has 0 aromatic carbocycles. The van der Waals surface area contributed by atoms with E-state index >= 15 is 0 Å². The van der Waals surface area contributed by atoms with Gasteiger partial charge in [0.15, 0.2) is 0 Å². The molecule has 86 valence electrons. The van der Waals surface area contributed by atoms with Gasteiger partial charge in [-0.3, -0.25) is 4.98 Å². The molecule has 0 bridgehead atoms. The van der Waals surface area contributed by atoms with Gasteiger partial charge in [-0.1, -0.05) is 0 Å². The monoisotopic (exact) mass is 223 g/mol. The zero-order valence-corrected chi connectivity index (χ0v) is 9.53. The molecule has 0 unspecified atom stereocenters. The summed E-state index contributed by atoms with van der Waals surface area (Å²) >= 11 is 0. The number of pyridine rings is 1. The molecule has 1 aromatic rings. The van der Waals surface area contributed by atoms with Gasteiger partial charge in [0.2, 0.25) is 0 Å². The number of carbonyl (C=O) groups is 1. The van der Waals surface area contributed by atoms with Crippen molar-refractivity contribution >= 4 is 12.0 Å². The van der Waals surface area contributed by atoms with Gasteiger partial charge < -0.3 is 4.74 Å². The zero-order valence-electron chi connectivity index (χ0n) is 9.53. The molecule has 0 N–H and O–H groups in total. The van der Waals surface area contributed by atoms with Crippen LogP contribution in [-0.4, -0.2) is 16.6 Å². The minimum Gasteiger partial charge on any atom is -0.457 e. The number of hydrogen-bond acceptors (Lipinski definition) is 3. The van der Waals surface area contributed by atoms with Gasteiger partial charge in [-0.25, -0.2) is 9.18 Å². The largest absolute Gasteiger partial charge is 0.457 e. The molecule has 0 radical (unpaired) electrons. The Morgan fingerprint density at radius 3 is 2.75 bits per heavy atom. The van der Waals surface area contributed by atoms with Crippen molar-refractivity contribution < 1.29 is 13.9 Å². The molecule has 0 atom stereocenters. The highest BCUT2D eigenvalue weighted by Gasteiger charge is 2.13. The average molecular weight is 223 g/mol. The maximum atomic E-state index is 13.1. The van der Waals surface area contributed by atoms with Crippen LogP contribution in [-0.2, 0) is 9.53 Å². The second-order valence-electron chi connectivity index (χ2n) is 4.26. The third kappa shape index (κ3) is 4.21. The molecule has 0 aliphatic carbocycles. The first kappa shape index (κ1) is 12.4. The second-order valence-corrected chi connectivity index (χ2v) is 4.26. The lowest BCUT2D eigenvalue weighted by atomic mass is 10.2. The molecule has 0 aliphatic rings. The number of aromatic nitrogens is 1. The number of hydrogen-bond donors (Lipinski definition) is 0. The third-order valence-electron chi connectivity index (χ3n) is 1.61. The van der Waals surface area contributed by atoms with Crippen molar-refractivity contribution in [1.29, 1.82) is 0 Å². The van der Waals surface area contributed by atoms with Crippen molar-refractivity contribution in [1.82, 2.24) is 4.98 Å². The Morgan fingerprint density at radius 2 is 2.19 bits per heavy atom. The second kappa shape index (κ2) is 4.88. The summed E-state index contributed by atoms with van der Waals surface area (Å²) in [5.41, 5.74) is -0.237. The lowest BCUT2D eigenvalue weighted by Crippen LogP contribution is -2.22. The lowest BCUT2D eigenvalue weighted by Gasteiger charge is -2.17. The summed E-state index contributed by atoms with van der Waals surface area (Å²) in [5, 5.41) is 0. The van der Waals surface area contributed by atoms with Gasteiger partial charge in [0.05, 0.1) is 6.20 Å². The van der Waals surface area contributed by atoms with Crippen molar-refractivity contribution in [2.45, 2.75) is 26.4 Å². The molecule has 4 heteroatoms. The highest BCUT2D eigenvalue weighted by atomic mass is 19.1. The quantitative estimate of drug-likeness (QED) is 0.571. The van der Waals surface area contributed by atoms with Crippen LogP contribution in [0.1, 0.15) is 26.3 Å². The van der Waals surface area contributed by atoms with Gasteiger partial charge in [0.25, 0.3) is 0 Å². The van der Waals surface area contributed by atoms with Crippen molar-refractivity contribution in [2.75, 3.05) is 0 Å². The van der Waals surface area contributed by atoms with E-state index in [2.05, 4.69) is 4.98 Å². The molecule has 0 aliphatic heterocycles. The fraction of sp³-hybridized carbons (Fsp3) is 0.333. The Kier molecular flexibility index (Phi) is 3.77. The fourth-order valence-corrected chi connectivity index (χ4v) is 1.01. The summed E-state index contributed by atoms with van der Waals surface area (Å²) in [5.74, 6) is -0.967. The Hall–Kier alpha value is -1.71. The van der Waals surface area contributed by atoms with E-state index in [1.54, 1.807) is 20.8 Å². The van der Waals surface area contributed by atoms with Crippen LogP contribution in [0.25, 0.3) is 6.08 Å². The SMILES string of the molecule is CC(C)(C)OC(=O)/C=C/c1ccncc1F. The molecule has 1 rings (SSSR count). The van der Waals surface area contributed by atoms with Crippen molar-refractivity contribution in [2.24, 2.45) is 0 Å². The van der Waals surface area contributed by atoms with Gasteiger partial charge in [-0.15, -0.1) is 0 Å². The highest BCUT2D eigenvalue weighted by molar-refractivity contribution is 5.87. The summed E-state index contributed by atoms with van der Waals surface area (Å²) in [6.07, 6.45) is 5.11. The van der Waals surface area contributed by atoms with E-state index in [1.165, 1.54) is 24.4 Å². The van der Waals surface area contributed by atoms with E-state index in [9.17, 15) is 9.18 Å². The summed E-state index contributed by atoms with van der Waals surface area (Å²) in [6, 6.07) is 1.48. The highest BCUT2D eigenvalue weighted by Crippen LogP contribution is 2.10. The van der Waals surface area contributed by atoms with Gasteiger partial charge in [-0.2, -0.15) is 0 Å². The zero-order chi connectivity index (χ0) is 12.2. The van der Waals surface area contributed by atoms with Crippen molar-refractivity contribution in [3.8, 4) is 0 Å². The molecule has 0 saturated carbocycles. The number of halogens is 1.